The van der Waals surface area contributed by atoms with Crippen molar-refractivity contribution in [2.45, 2.75) is 0 Å². The molecule has 0 atom stereocenters. The van der Waals surface area contributed by atoms with Crippen LogP contribution >= 0.6 is 15.9 Å². The maximum atomic E-state index is 12.6. The monoisotopic (exact) mass is 255 g/mol. The molecule has 13 heavy (non-hydrogen) atoms. The van der Waals surface area contributed by atoms with E-state index in [9.17, 15) is 23.3 Å². The second-order valence-electron chi connectivity index (χ2n) is 2.08. The Morgan fingerprint density at radius 3 is 2.31 bits per heavy atom. The van der Waals surface area contributed by atoms with Gasteiger partial charge in [0, 0.05) is 0 Å². The summed E-state index contributed by atoms with van der Waals surface area (Å²) in [7, 11) is 0. The van der Waals surface area contributed by atoms with Crippen LogP contribution in [0.1, 0.15) is 0 Å². The average Bonchev–Trinajstić information content (AvgIpc) is 2.07. The maximum absolute atomic E-state index is 12.6. The van der Waals surface area contributed by atoms with Gasteiger partial charge in [-0.05, 0) is 15.9 Å². The van der Waals surface area contributed by atoms with Crippen LogP contribution in [-0.4, -0.2) is 4.92 Å². The molecule has 0 aromatic heterocycles. The maximum Gasteiger partial charge on any atom is 0.289 e. The molecule has 0 N–H and O–H groups in total. The summed E-state index contributed by atoms with van der Waals surface area (Å²) in [5.41, 5.74) is -0.851. The first-order valence-corrected chi connectivity index (χ1v) is 3.72. The summed E-state index contributed by atoms with van der Waals surface area (Å²) in [6, 6.07) is 0.308. The van der Waals surface area contributed by atoms with E-state index in [2.05, 4.69) is 15.9 Å². The quantitative estimate of drug-likeness (QED) is 0.335. The molecule has 0 aliphatic heterocycles. The second-order valence-corrected chi connectivity index (χ2v) is 2.87. The van der Waals surface area contributed by atoms with Crippen LogP contribution in [0.4, 0.5) is 18.9 Å². The molecule has 7 heteroatoms. The summed E-state index contributed by atoms with van der Waals surface area (Å²) in [5, 5.41) is 10.2. The molecule has 0 fully saturated rings. The van der Waals surface area contributed by atoms with Crippen molar-refractivity contribution in [3.8, 4) is 0 Å². The molecule has 0 saturated carbocycles. The highest BCUT2D eigenvalue weighted by Gasteiger charge is 2.23. The van der Waals surface area contributed by atoms with Gasteiger partial charge < -0.3 is 0 Å². The summed E-state index contributed by atoms with van der Waals surface area (Å²) in [6.07, 6.45) is 0. The molecule has 70 valence electrons. The van der Waals surface area contributed by atoms with Gasteiger partial charge in [0.25, 0.3) is 5.69 Å². The van der Waals surface area contributed by atoms with Crippen LogP contribution in [0, 0.1) is 27.6 Å². The van der Waals surface area contributed by atoms with Crippen LogP contribution in [0.5, 0.6) is 0 Å². The fourth-order valence-electron chi connectivity index (χ4n) is 0.693. The van der Waals surface area contributed by atoms with E-state index in [0.717, 1.165) is 0 Å². The lowest BCUT2D eigenvalue weighted by Crippen LogP contribution is -1.97. The van der Waals surface area contributed by atoms with Gasteiger partial charge in [-0.15, -0.1) is 0 Å². The zero-order valence-corrected chi connectivity index (χ0v) is 7.44. The molecular weight excluding hydrogens is 255 g/mol. The van der Waals surface area contributed by atoms with E-state index in [-0.39, 0.29) is 0 Å². The highest BCUT2D eigenvalue weighted by Crippen LogP contribution is 2.30. The second kappa shape index (κ2) is 3.33. The van der Waals surface area contributed by atoms with E-state index >= 15 is 0 Å². The third kappa shape index (κ3) is 1.64. The van der Waals surface area contributed by atoms with Crippen LogP contribution in [0.2, 0.25) is 0 Å². The lowest BCUT2D eigenvalue weighted by Gasteiger charge is -1.98. The van der Waals surface area contributed by atoms with Gasteiger partial charge in [0.05, 0.1) is 11.0 Å². The van der Waals surface area contributed by atoms with E-state index < -0.39 is 32.5 Å². The Morgan fingerprint density at radius 2 is 1.85 bits per heavy atom. The lowest BCUT2D eigenvalue weighted by molar-refractivity contribution is -0.386. The highest BCUT2D eigenvalue weighted by molar-refractivity contribution is 9.10. The molecule has 3 nitrogen and oxygen atoms in total. The summed E-state index contributed by atoms with van der Waals surface area (Å²) < 4.78 is 36.8. The average molecular weight is 256 g/mol. The summed E-state index contributed by atoms with van der Waals surface area (Å²) >= 11 is 2.44. The predicted octanol–water partition coefficient (Wildman–Crippen LogP) is 2.77. The fraction of sp³-hybridized carbons (Fsp3) is 0. The van der Waals surface area contributed by atoms with Gasteiger partial charge in [-0.25, -0.2) is 13.2 Å². The number of halogens is 4. The Labute approximate surface area is 78.4 Å². The summed E-state index contributed by atoms with van der Waals surface area (Å²) in [5.74, 6) is -4.93. The van der Waals surface area contributed by atoms with E-state index in [1.165, 1.54) is 0 Å². The lowest BCUT2D eigenvalue weighted by atomic mass is 10.3. The molecule has 0 aliphatic rings. The molecule has 0 bridgehead atoms. The molecule has 0 amide bonds. The minimum Gasteiger partial charge on any atom is -0.258 e. The van der Waals surface area contributed by atoms with Crippen LogP contribution in [-0.2, 0) is 0 Å². The van der Waals surface area contributed by atoms with E-state index in [1.54, 1.807) is 0 Å². The van der Waals surface area contributed by atoms with Gasteiger partial charge in [-0.2, -0.15) is 0 Å². The Morgan fingerprint density at radius 1 is 1.31 bits per heavy atom. The molecule has 0 spiro atoms. The molecule has 1 rings (SSSR count). The SMILES string of the molecule is O=[N+]([O-])c1cc(F)c(F)c(F)c1Br. The van der Waals surface area contributed by atoms with Gasteiger partial charge in [0.2, 0.25) is 0 Å². The zero-order chi connectivity index (χ0) is 10.2. The Balaban J connectivity index is 3.50. The molecule has 0 saturated heterocycles. The van der Waals surface area contributed by atoms with Crippen molar-refractivity contribution < 1.29 is 18.1 Å². The number of benzene rings is 1. The molecule has 0 heterocycles. The zero-order valence-electron chi connectivity index (χ0n) is 5.85. The third-order valence-electron chi connectivity index (χ3n) is 1.28. The smallest absolute Gasteiger partial charge is 0.258 e. The first kappa shape index (κ1) is 9.97. The Bertz CT molecular complexity index is 383. The fourth-order valence-corrected chi connectivity index (χ4v) is 1.13. The number of nitro benzene ring substituents is 1. The van der Waals surface area contributed by atoms with Crippen molar-refractivity contribution >= 4 is 21.6 Å². The Kier molecular flexibility index (Phi) is 2.55. The van der Waals surface area contributed by atoms with Crippen molar-refractivity contribution in [1.82, 2.24) is 0 Å². The molecule has 0 aliphatic carbocycles. The van der Waals surface area contributed by atoms with E-state index in [1.807, 2.05) is 0 Å². The molecule has 0 unspecified atom stereocenters. The molecule has 0 radical (unpaired) electrons. The molecule has 1 aromatic rings. The van der Waals surface area contributed by atoms with Crippen LogP contribution in [0.3, 0.4) is 0 Å². The van der Waals surface area contributed by atoms with E-state index in [0.29, 0.717) is 6.07 Å². The largest absolute Gasteiger partial charge is 0.289 e. The molecule has 1 aromatic carbocycles. The van der Waals surface area contributed by atoms with Crippen molar-refractivity contribution in [3.05, 3.63) is 38.1 Å². The van der Waals surface area contributed by atoms with Crippen molar-refractivity contribution in [1.29, 1.82) is 0 Å². The third-order valence-corrected chi connectivity index (χ3v) is 2.03. The van der Waals surface area contributed by atoms with Gasteiger partial charge >= 0.3 is 0 Å². The van der Waals surface area contributed by atoms with Gasteiger partial charge in [0.15, 0.2) is 17.5 Å². The standard InChI is InChI=1S/C6HBrF3NO2/c7-4-3(11(12)13)1-2(8)5(9)6(4)10/h1H. The molecular formula is C6HBrF3NO2. The van der Waals surface area contributed by atoms with Crippen molar-refractivity contribution in [2.75, 3.05) is 0 Å². The van der Waals surface area contributed by atoms with Gasteiger partial charge in [-0.3, -0.25) is 10.1 Å². The van der Waals surface area contributed by atoms with Crippen LogP contribution in [0.15, 0.2) is 10.5 Å². The number of rotatable bonds is 1. The number of nitrogens with zero attached hydrogens (tertiary/aromatic N) is 1. The minimum absolute atomic E-state index is 0.308. The van der Waals surface area contributed by atoms with Crippen molar-refractivity contribution in [3.63, 3.8) is 0 Å². The summed E-state index contributed by atoms with van der Waals surface area (Å²) in [4.78, 5) is 9.14. The van der Waals surface area contributed by atoms with Crippen LogP contribution in [0.25, 0.3) is 0 Å². The van der Waals surface area contributed by atoms with E-state index in [4.69, 9.17) is 0 Å². The topological polar surface area (TPSA) is 43.1 Å². The minimum atomic E-state index is -1.74. The van der Waals surface area contributed by atoms with Gasteiger partial charge in [0.1, 0.15) is 4.47 Å². The first-order valence-electron chi connectivity index (χ1n) is 2.92. The number of nitro groups is 1. The highest BCUT2D eigenvalue weighted by atomic mass is 79.9. The van der Waals surface area contributed by atoms with Crippen molar-refractivity contribution in [2.24, 2.45) is 0 Å². The number of hydrogen-bond donors (Lipinski definition) is 0. The van der Waals surface area contributed by atoms with Crippen LogP contribution < -0.4 is 0 Å². The van der Waals surface area contributed by atoms with Gasteiger partial charge in [-0.1, -0.05) is 0 Å². The predicted molar refractivity (Wildman–Crippen MR) is 40.7 cm³/mol. The summed E-state index contributed by atoms with van der Waals surface area (Å²) in [6.45, 7) is 0. The normalized spacial score (nSPS) is 10.2. The first-order chi connectivity index (χ1) is 5.95. The Hall–Kier alpha value is -1.11. The number of hydrogen-bond acceptors (Lipinski definition) is 2.